The lowest BCUT2D eigenvalue weighted by atomic mass is 10.1. The van der Waals surface area contributed by atoms with Crippen molar-refractivity contribution in [3.05, 3.63) is 76.8 Å². The molecule has 0 bridgehead atoms. The molecule has 0 radical (unpaired) electrons. The molecule has 0 unspecified atom stereocenters. The van der Waals surface area contributed by atoms with Gasteiger partial charge in [0.1, 0.15) is 12.4 Å². The first-order valence-corrected chi connectivity index (χ1v) is 6.95. The van der Waals surface area contributed by atoms with Crippen molar-refractivity contribution in [2.75, 3.05) is 0 Å². The van der Waals surface area contributed by atoms with Gasteiger partial charge in [-0.05, 0) is 29.8 Å². The lowest BCUT2D eigenvalue weighted by Gasteiger charge is -2.10. The summed E-state index contributed by atoms with van der Waals surface area (Å²) in [5.41, 5.74) is 1.60. The van der Waals surface area contributed by atoms with Crippen molar-refractivity contribution in [3.8, 4) is 11.8 Å². The third-order valence-corrected chi connectivity index (χ3v) is 3.61. The van der Waals surface area contributed by atoms with Gasteiger partial charge in [0.2, 0.25) is 0 Å². The zero-order valence-electron chi connectivity index (χ0n) is 11.2. The van der Waals surface area contributed by atoms with Gasteiger partial charge in [-0.25, -0.2) is 0 Å². The minimum Gasteiger partial charge on any atom is -0.488 e. The monoisotopic (exact) mass is 293 g/mol. The van der Waals surface area contributed by atoms with E-state index in [0.717, 1.165) is 22.1 Å². The number of ether oxygens (including phenoxy) is 1. The molecule has 3 aromatic rings. The minimum atomic E-state index is 0.418. The van der Waals surface area contributed by atoms with E-state index in [0.29, 0.717) is 17.2 Å². The maximum absolute atomic E-state index is 8.91. The molecule has 0 atom stereocenters. The maximum atomic E-state index is 8.91. The van der Waals surface area contributed by atoms with Gasteiger partial charge >= 0.3 is 0 Å². The molecular weight excluding hydrogens is 282 g/mol. The maximum Gasteiger partial charge on any atom is 0.127 e. The van der Waals surface area contributed by atoms with Gasteiger partial charge in [-0.1, -0.05) is 48.0 Å². The normalized spacial score (nSPS) is 10.3. The van der Waals surface area contributed by atoms with Crippen LogP contribution in [0.5, 0.6) is 5.75 Å². The van der Waals surface area contributed by atoms with Crippen LogP contribution in [0, 0.1) is 11.3 Å². The molecule has 3 rings (SSSR count). The van der Waals surface area contributed by atoms with E-state index < -0.39 is 0 Å². The summed E-state index contributed by atoms with van der Waals surface area (Å²) in [6.07, 6.45) is 0. The van der Waals surface area contributed by atoms with Gasteiger partial charge in [-0.15, -0.1) is 0 Å². The van der Waals surface area contributed by atoms with Crippen molar-refractivity contribution in [2.45, 2.75) is 6.61 Å². The molecule has 102 valence electrons. The van der Waals surface area contributed by atoms with Gasteiger partial charge in [0, 0.05) is 15.8 Å². The van der Waals surface area contributed by atoms with Crippen molar-refractivity contribution in [1.82, 2.24) is 0 Å². The molecule has 0 aliphatic rings. The van der Waals surface area contributed by atoms with E-state index in [1.165, 1.54) is 0 Å². The highest BCUT2D eigenvalue weighted by Gasteiger charge is 2.05. The fraction of sp³-hybridized carbons (Fsp3) is 0.0556. The SMILES string of the molecule is N#Cc1cccc(COc2ccc(Cl)c3ccccc23)c1. The van der Waals surface area contributed by atoms with Gasteiger partial charge in [0.05, 0.1) is 11.6 Å². The predicted molar refractivity (Wildman–Crippen MR) is 84.4 cm³/mol. The third kappa shape index (κ3) is 2.84. The summed E-state index contributed by atoms with van der Waals surface area (Å²) < 4.78 is 5.89. The number of hydrogen-bond donors (Lipinski definition) is 0. The van der Waals surface area contributed by atoms with Crippen LogP contribution >= 0.6 is 11.6 Å². The second kappa shape index (κ2) is 5.87. The van der Waals surface area contributed by atoms with Crippen molar-refractivity contribution >= 4 is 22.4 Å². The van der Waals surface area contributed by atoms with Crippen LogP contribution < -0.4 is 4.74 Å². The van der Waals surface area contributed by atoms with Crippen molar-refractivity contribution in [3.63, 3.8) is 0 Å². The summed E-state index contributed by atoms with van der Waals surface area (Å²) in [5, 5.41) is 11.6. The molecule has 0 amide bonds. The van der Waals surface area contributed by atoms with Crippen molar-refractivity contribution in [1.29, 1.82) is 5.26 Å². The Morgan fingerprint density at radius 3 is 2.57 bits per heavy atom. The number of fused-ring (bicyclic) bond motifs is 1. The van der Waals surface area contributed by atoms with E-state index >= 15 is 0 Å². The highest BCUT2D eigenvalue weighted by Crippen LogP contribution is 2.31. The Morgan fingerprint density at radius 1 is 0.952 bits per heavy atom. The molecule has 0 saturated carbocycles. The summed E-state index contributed by atoms with van der Waals surface area (Å²) in [6, 6.07) is 21.1. The first-order valence-electron chi connectivity index (χ1n) is 6.57. The first kappa shape index (κ1) is 13.5. The number of nitriles is 1. The van der Waals surface area contributed by atoms with E-state index in [1.54, 1.807) is 6.07 Å². The molecule has 0 N–H and O–H groups in total. The largest absolute Gasteiger partial charge is 0.488 e. The molecule has 0 aliphatic carbocycles. The van der Waals surface area contributed by atoms with Gasteiger partial charge < -0.3 is 4.74 Å². The average Bonchev–Trinajstić information content (AvgIpc) is 2.55. The van der Waals surface area contributed by atoms with Crippen LogP contribution in [0.1, 0.15) is 11.1 Å². The summed E-state index contributed by atoms with van der Waals surface area (Å²) in [4.78, 5) is 0. The molecule has 2 nitrogen and oxygen atoms in total. The molecule has 0 heterocycles. The highest BCUT2D eigenvalue weighted by atomic mass is 35.5. The Kier molecular flexibility index (Phi) is 3.77. The fourth-order valence-corrected chi connectivity index (χ4v) is 2.48. The van der Waals surface area contributed by atoms with E-state index in [1.807, 2.05) is 54.6 Å². The van der Waals surface area contributed by atoms with E-state index in [2.05, 4.69) is 6.07 Å². The number of halogens is 1. The van der Waals surface area contributed by atoms with E-state index in [-0.39, 0.29) is 0 Å². The lowest BCUT2D eigenvalue weighted by Crippen LogP contribution is -1.96. The molecule has 3 aromatic carbocycles. The minimum absolute atomic E-state index is 0.418. The van der Waals surface area contributed by atoms with Crippen LogP contribution in [-0.4, -0.2) is 0 Å². The Bertz CT molecular complexity index is 836. The van der Waals surface area contributed by atoms with Crippen molar-refractivity contribution < 1.29 is 4.74 Å². The third-order valence-electron chi connectivity index (χ3n) is 3.28. The van der Waals surface area contributed by atoms with Crippen molar-refractivity contribution in [2.24, 2.45) is 0 Å². The lowest BCUT2D eigenvalue weighted by molar-refractivity contribution is 0.310. The smallest absolute Gasteiger partial charge is 0.127 e. The zero-order valence-corrected chi connectivity index (χ0v) is 12.0. The Balaban J connectivity index is 1.89. The van der Waals surface area contributed by atoms with Crippen LogP contribution in [0.2, 0.25) is 5.02 Å². The Labute approximate surface area is 128 Å². The summed E-state index contributed by atoms with van der Waals surface area (Å²) in [6.45, 7) is 0.418. The number of hydrogen-bond acceptors (Lipinski definition) is 2. The summed E-state index contributed by atoms with van der Waals surface area (Å²) >= 11 is 6.19. The fourth-order valence-electron chi connectivity index (χ4n) is 2.25. The standard InChI is InChI=1S/C18H12ClNO/c19-17-8-9-18(16-7-2-1-6-15(16)17)21-12-14-5-3-4-13(10-14)11-20/h1-10H,12H2. The second-order valence-corrected chi connectivity index (χ2v) is 5.10. The van der Waals surface area contributed by atoms with Crippen LogP contribution in [0.4, 0.5) is 0 Å². The predicted octanol–water partition coefficient (Wildman–Crippen LogP) is 4.94. The molecule has 0 spiro atoms. The summed E-state index contributed by atoms with van der Waals surface area (Å²) in [5.74, 6) is 0.789. The average molecular weight is 294 g/mol. The molecule has 3 heteroatoms. The molecule has 0 aromatic heterocycles. The zero-order chi connectivity index (χ0) is 14.7. The topological polar surface area (TPSA) is 33.0 Å². The van der Waals surface area contributed by atoms with Crippen LogP contribution in [0.25, 0.3) is 10.8 Å². The Morgan fingerprint density at radius 2 is 1.76 bits per heavy atom. The Hall–Kier alpha value is -2.50. The molecular formula is C18H12ClNO. The molecule has 0 aliphatic heterocycles. The van der Waals surface area contributed by atoms with Crippen LogP contribution in [0.15, 0.2) is 60.7 Å². The van der Waals surface area contributed by atoms with Gasteiger partial charge in [0.15, 0.2) is 0 Å². The van der Waals surface area contributed by atoms with Crippen LogP contribution in [0.3, 0.4) is 0 Å². The highest BCUT2D eigenvalue weighted by molar-refractivity contribution is 6.35. The quantitative estimate of drug-likeness (QED) is 0.685. The van der Waals surface area contributed by atoms with E-state index in [4.69, 9.17) is 21.6 Å². The van der Waals surface area contributed by atoms with Gasteiger partial charge in [-0.2, -0.15) is 5.26 Å². The molecule has 0 fully saturated rings. The number of benzene rings is 3. The first-order chi connectivity index (χ1) is 10.3. The van der Waals surface area contributed by atoms with Gasteiger partial charge in [0.25, 0.3) is 0 Å². The van der Waals surface area contributed by atoms with E-state index in [9.17, 15) is 0 Å². The second-order valence-electron chi connectivity index (χ2n) is 4.69. The molecule has 0 saturated heterocycles. The van der Waals surface area contributed by atoms with Crippen LogP contribution in [-0.2, 0) is 6.61 Å². The number of rotatable bonds is 3. The molecule has 21 heavy (non-hydrogen) atoms. The number of nitrogens with zero attached hydrogens (tertiary/aromatic N) is 1. The van der Waals surface area contributed by atoms with Gasteiger partial charge in [-0.3, -0.25) is 0 Å². The summed E-state index contributed by atoms with van der Waals surface area (Å²) in [7, 11) is 0.